The number of nitrogens with zero attached hydrogens (tertiary/aromatic N) is 5. The molecule has 31 heteroatoms. The Hall–Kier alpha value is -5.64. The van der Waals surface area contributed by atoms with Gasteiger partial charge in [-0.2, -0.15) is 0 Å². The first-order chi connectivity index (χ1) is 42.1. The third kappa shape index (κ3) is 20.9. The van der Waals surface area contributed by atoms with Crippen LogP contribution in [-0.4, -0.2) is 220 Å². The summed E-state index contributed by atoms with van der Waals surface area (Å²) in [6, 6.07) is 10.4. The molecular formula is C58H66Br4N12O14Tb-. The number of halogens is 4. The molecule has 89 heavy (non-hydrogen) atoms. The molecule has 26 nitrogen and oxygen atoms in total. The van der Waals surface area contributed by atoms with Gasteiger partial charge in [0.05, 0.1) is 0 Å². The average Bonchev–Trinajstić information content (AvgIpc) is 3.20. The Balaban J connectivity index is 0.0000126. The molecule has 2 atom stereocenters. The molecule has 8 rings (SSSR count). The van der Waals surface area contributed by atoms with E-state index in [1.807, 2.05) is 19.6 Å². The Morgan fingerprint density at radius 3 is 0.843 bits per heavy atom. The van der Waals surface area contributed by atoms with Crippen LogP contribution in [-0.2, 0) is 4.79 Å². The largest absolute Gasteiger partial charge is 3.00 e. The molecule has 4 aliphatic rings. The first kappa shape index (κ1) is 72.4. The minimum atomic E-state index is -0.993. The second-order valence-electron chi connectivity index (χ2n) is 21.0. The van der Waals surface area contributed by atoms with E-state index in [2.05, 4.69) is 101 Å². The number of carbonyl (C=O) groups excluding carboxylic acids is 8. The molecule has 0 aliphatic carbocycles. The van der Waals surface area contributed by atoms with Gasteiger partial charge in [0.15, 0.2) is 0 Å². The minimum absolute atomic E-state index is 0. The molecule has 0 spiro atoms. The SMILES string of the molecule is O=C(O)CCCCCN1CCN2CCNC(=O)c3cc(Br)cc(c3[O-])C(=O)NCCN(CCNC(=O)c3cc(Br)cc(c3[O-])C1=O)CCN1CCNC(=O)c3cc(Br)cc(c3[O-])C(=O)NCCN(CCNC(=O)c3cc(Br)cc(c3[O-])C(=O)NCC1)CC2.[Tb+3]. The van der Waals surface area contributed by atoms with Gasteiger partial charge in [-0.05, 0) is 61.4 Å². The van der Waals surface area contributed by atoms with Crippen LogP contribution >= 0.6 is 63.7 Å². The summed E-state index contributed by atoms with van der Waals surface area (Å²) < 4.78 is 1.09. The van der Waals surface area contributed by atoms with Crippen molar-refractivity contribution in [3.63, 3.8) is 0 Å². The Kier molecular flexibility index (Phi) is 28.7. The maximum atomic E-state index is 14.8. The molecule has 8 amide bonds. The minimum Gasteiger partial charge on any atom is -0.871 e. The topological polar surface area (TPSA) is 367 Å². The Morgan fingerprint density at radius 1 is 0.360 bits per heavy atom. The third-order valence-electron chi connectivity index (χ3n) is 14.9. The van der Waals surface area contributed by atoms with Crippen LogP contribution in [0.5, 0.6) is 23.0 Å². The summed E-state index contributed by atoms with van der Waals surface area (Å²) in [5, 5.41) is 84.9. The van der Waals surface area contributed by atoms with Crippen molar-refractivity contribution in [3.8, 4) is 23.0 Å². The fraction of sp³-hybridized carbons (Fsp3) is 0.431. The van der Waals surface area contributed by atoms with Gasteiger partial charge in [0, 0.05) is 206 Å². The van der Waals surface area contributed by atoms with Crippen LogP contribution in [0.4, 0.5) is 0 Å². The summed E-state index contributed by atoms with van der Waals surface area (Å²) in [5.74, 6) is -10.5. The van der Waals surface area contributed by atoms with E-state index in [4.69, 9.17) is 0 Å². The Bertz CT molecular complexity index is 3200. The summed E-state index contributed by atoms with van der Waals surface area (Å²) in [6.45, 7) is 0.620. The maximum Gasteiger partial charge on any atom is 3.00 e. The number of amides is 8. The number of hydrogen-bond donors (Lipinski definition) is 8. The van der Waals surface area contributed by atoms with Crippen molar-refractivity contribution in [2.45, 2.75) is 25.7 Å². The van der Waals surface area contributed by atoms with Crippen molar-refractivity contribution in [2.75, 3.05) is 137 Å². The number of nitrogens with one attached hydrogen (secondary N) is 7. The van der Waals surface area contributed by atoms with Crippen molar-refractivity contribution in [1.29, 1.82) is 0 Å². The van der Waals surface area contributed by atoms with Gasteiger partial charge in [0.25, 0.3) is 47.3 Å². The van der Waals surface area contributed by atoms with Gasteiger partial charge in [-0.1, -0.05) is 93.1 Å². The van der Waals surface area contributed by atoms with Gasteiger partial charge in [-0.15, -0.1) is 0 Å². The van der Waals surface area contributed by atoms with Gasteiger partial charge < -0.3 is 67.7 Å². The number of hydrogen-bond acceptors (Lipinski definition) is 17. The van der Waals surface area contributed by atoms with Crippen molar-refractivity contribution in [3.05, 3.63) is 111 Å². The normalized spacial score (nSPS) is 20.4. The second kappa shape index (κ2) is 35.2. The molecule has 12 bridgehead atoms. The maximum absolute atomic E-state index is 14.8. The molecule has 4 aliphatic heterocycles. The molecule has 2 unspecified atom stereocenters. The molecule has 0 fully saturated rings. The zero-order valence-corrected chi connectivity index (χ0v) is 56.6. The van der Waals surface area contributed by atoms with Gasteiger partial charge in [-0.3, -0.25) is 62.8 Å². The van der Waals surface area contributed by atoms with E-state index < -0.39 is 76.2 Å². The van der Waals surface area contributed by atoms with Crippen LogP contribution in [0.25, 0.3) is 0 Å². The Labute approximate surface area is 577 Å². The number of unbranched alkanes of at least 4 members (excludes halogenated alkanes) is 2. The first-order valence-electron chi connectivity index (χ1n) is 28.5. The van der Waals surface area contributed by atoms with Crippen molar-refractivity contribution >= 4 is 117 Å². The van der Waals surface area contributed by atoms with Crippen LogP contribution in [0, 0.1) is 38.6 Å². The van der Waals surface area contributed by atoms with Crippen molar-refractivity contribution in [2.24, 2.45) is 0 Å². The average molecular weight is 1630 g/mol. The number of fused-ring (bicyclic) bond motifs is 16. The van der Waals surface area contributed by atoms with Crippen LogP contribution in [0.3, 0.4) is 0 Å². The number of carbonyl (C=O) groups is 9. The predicted molar refractivity (Wildman–Crippen MR) is 328 cm³/mol. The predicted octanol–water partition coefficient (Wildman–Crippen LogP) is 0.576. The smallest absolute Gasteiger partial charge is 0.871 e. The monoisotopic (exact) mass is 1630 g/mol. The van der Waals surface area contributed by atoms with Gasteiger partial charge in [0.2, 0.25) is 0 Å². The van der Waals surface area contributed by atoms with E-state index in [0.717, 1.165) is 0 Å². The standard InChI is InChI=1S/C58H70Br4N12O14.Tb/c59-34-26-38-47(77)40(28-34)54(84)66-8-17-72-18-9-67-55(85)41-29-35(60)27-39(48(41)78)52(82)64-6-14-70(13-5-63-51(38)81)20-21-71-15-7-65-53(83)42-30-36(61)31-43(49(42)79)56(86)69-11-19-73(23-22-72)24-25-74(12-3-1-2-4-46(75)76)58(88)45-33-37(62)32-44(50(45)80)57(87)68-10-16-71;/h26-33,77-80H,1-25H2,(H,63,81)(H,64,82)(H,65,83)(H,66,84)(H,67,85)(H,68,87)(H,69,86)(H,75,76);/q;+3/p-4. The van der Waals surface area contributed by atoms with Crippen molar-refractivity contribution in [1.82, 2.24) is 61.7 Å². The number of benzene rings is 4. The van der Waals surface area contributed by atoms with E-state index in [1.165, 1.54) is 53.4 Å². The number of aliphatic carboxylic acids is 1. The number of carboxylic acids is 1. The molecule has 4 aromatic carbocycles. The van der Waals surface area contributed by atoms with E-state index >= 15 is 0 Å². The van der Waals surface area contributed by atoms with Gasteiger partial charge in [0.1, 0.15) is 0 Å². The first-order valence-corrected chi connectivity index (χ1v) is 31.7. The molecule has 0 aromatic heterocycles. The molecule has 4 aromatic rings. The molecular weight excluding hydrogens is 1570 g/mol. The molecule has 8 N–H and O–H groups in total. The molecule has 0 saturated heterocycles. The summed E-state index contributed by atoms with van der Waals surface area (Å²) in [6.07, 6.45) is 0.926. The fourth-order valence-corrected chi connectivity index (χ4v) is 11.9. The van der Waals surface area contributed by atoms with Crippen LogP contribution in [0.1, 0.15) is 109 Å². The van der Waals surface area contributed by atoms with E-state index in [0.29, 0.717) is 19.3 Å². The molecule has 0 saturated carbocycles. The van der Waals surface area contributed by atoms with Gasteiger partial charge in [-0.25, -0.2) is 0 Å². The molecule has 0 radical (unpaired) electrons. The van der Waals surface area contributed by atoms with E-state index in [1.54, 1.807) is 0 Å². The van der Waals surface area contributed by atoms with Gasteiger partial charge >= 0.3 is 44.6 Å². The number of carboxylic acid groups (broad SMARTS) is 1. The molecule has 4 heterocycles. The third-order valence-corrected chi connectivity index (χ3v) is 16.7. The van der Waals surface area contributed by atoms with Crippen molar-refractivity contribution < 1.29 is 107 Å². The zero-order chi connectivity index (χ0) is 63.6. The molecule has 480 valence electrons. The summed E-state index contributed by atoms with van der Waals surface area (Å²) in [5.41, 5.74) is -2.57. The summed E-state index contributed by atoms with van der Waals surface area (Å²) >= 11 is 13.4. The van der Waals surface area contributed by atoms with E-state index in [-0.39, 0.29) is 245 Å². The zero-order valence-electron chi connectivity index (χ0n) is 48.1. The van der Waals surface area contributed by atoms with E-state index in [9.17, 15) is 68.7 Å². The second-order valence-corrected chi connectivity index (χ2v) is 24.6. The summed E-state index contributed by atoms with van der Waals surface area (Å²) in [7, 11) is 0. The number of rotatable bonds is 6. The van der Waals surface area contributed by atoms with Crippen LogP contribution in [0.2, 0.25) is 0 Å². The van der Waals surface area contributed by atoms with Crippen LogP contribution < -0.4 is 57.6 Å². The summed E-state index contributed by atoms with van der Waals surface area (Å²) in [4.78, 5) is 132. The fourth-order valence-electron chi connectivity index (χ4n) is 10.1. The quantitative estimate of drug-likeness (QED) is 0.122. The Morgan fingerprint density at radius 2 is 0.584 bits per heavy atom. The van der Waals surface area contributed by atoms with Crippen LogP contribution in [0.15, 0.2) is 66.4 Å².